The van der Waals surface area contributed by atoms with Gasteiger partial charge in [-0.15, -0.1) is 0 Å². The lowest BCUT2D eigenvalue weighted by molar-refractivity contribution is -0.132. The monoisotopic (exact) mass is 521 g/mol. The molecule has 0 radical (unpaired) electrons. The summed E-state index contributed by atoms with van der Waals surface area (Å²) >= 11 is 6.15. The van der Waals surface area contributed by atoms with E-state index in [1.165, 1.54) is 18.1 Å². The number of hydrogen-bond acceptors (Lipinski definition) is 6. The number of methoxy groups -OCH3 is 2. The molecule has 3 aromatic rings. The molecule has 7 nitrogen and oxygen atoms in total. The average molecular weight is 522 g/mol. The summed E-state index contributed by atoms with van der Waals surface area (Å²) in [5.41, 5.74) is 1.38. The molecule has 0 aromatic heterocycles. The van der Waals surface area contributed by atoms with Crippen molar-refractivity contribution in [1.82, 2.24) is 0 Å². The second kappa shape index (κ2) is 11.0. The predicted molar refractivity (Wildman–Crippen MR) is 143 cm³/mol. The highest BCUT2D eigenvalue weighted by Crippen LogP contribution is 2.43. The largest absolute Gasteiger partial charge is 0.507 e. The molecule has 0 aliphatic carbocycles. The number of amides is 1. The number of carbonyl (C=O) groups is 2. The molecule has 1 unspecified atom stereocenters. The number of halogens is 1. The Morgan fingerprint density at radius 2 is 1.59 bits per heavy atom. The SMILES string of the molecule is COc1ccc(C2/C(=C(/O)c3ccc(Cl)c(OC)c3)C(=O)C(=O)N2c2ccc(OCC(C)C)cc2)cc1. The van der Waals surface area contributed by atoms with E-state index in [0.717, 1.165) is 0 Å². The van der Waals surface area contributed by atoms with Gasteiger partial charge in [-0.25, -0.2) is 0 Å². The number of benzene rings is 3. The summed E-state index contributed by atoms with van der Waals surface area (Å²) in [7, 11) is 3.01. The van der Waals surface area contributed by atoms with Crippen LogP contribution in [0.5, 0.6) is 17.2 Å². The Balaban J connectivity index is 1.84. The van der Waals surface area contributed by atoms with Crippen LogP contribution in [-0.4, -0.2) is 37.6 Å². The first kappa shape index (κ1) is 26.1. The highest BCUT2D eigenvalue weighted by molar-refractivity contribution is 6.51. The second-order valence-electron chi connectivity index (χ2n) is 8.99. The molecule has 0 saturated carbocycles. The van der Waals surface area contributed by atoms with Gasteiger partial charge in [0.05, 0.1) is 37.5 Å². The number of rotatable bonds is 8. The van der Waals surface area contributed by atoms with Crippen LogP contribution in [0.3, 0.4) is 0 Å². The molecule has 1 heterocycles. The Morgan fingerprint density at radius 1 is 0.946 bits per heavy atom. The van der Waals surface area contributed by atoms with Crippen molar-refractivity contribution in [2.24, 2.45) is 5.92 Å². The highest BCUT2D eigenvalue weighted by Gasteiger charge is 2.47. The Hall–Kier alpha value is -3.97. The number of hydrogen-bond donors (Lipinski definition) is 1. The molecule has 4 rings (SSSR count). The van der Waals surface area contributed by atoms with Gasteiger partial charge in [0.25, 0.3) is 11.7 Å². The molecule has 1 amide bonds. The van der Waals surface area contributed by atoms with Crippen molar-refractivity contribution < 1.29 is 28.9 Å². The van der Waals surface area contributed by atoms with Crippen molar-refractivity contribution in [2.45, 2.75) is 19.9 Å². The smallest absolute Gasteiger partial charge is 0.300 e. The highest BCUT2D eigenvalue weighted by atomic mass is 35.5. The summed E-state index contributed by atoms with van der Waals surface area (Å²) in [5, 5.41) is 11.7. The summed E-state index contributed by atoms with van der Waals surface area (Å²) in [6, 6.07) is 17.7. The van der Waals surface area contributed by atoms with E-state index in [0.29, 0.717) is 51.6 Å². The minimum atomic E-state index is -0.880. The summed E-state index contributed by atoms with van der Waals surface area (Å²) in [5.74, 6) is 0.0927. The van der Waals surface area contributed by atoms with E-state index in [1.54, 1.807) is 67.8 Å². The average Bonchev–Trinajstić information content (AvgIpc) is 3.17. The molecule has 8 heteroatoms. The number of carbonyl (C=O) groups excluding carboxylic acids is 2. The molecule has 1 N–H and O–H groups in total. The molecule has 192 valence electrons. The number of anilines is 1. The quantitative estimate of drug-likeness (QED) is 0.222. The van der Waals surface area contributed by atoms with E-state index >= 15 is 0 Å². The van der Waals surface area contributed by atoms with Crippen molar-refractivity contribution in [3.8, 4) is 17.2 Å². The fourth-order valence-corrected chi connectivity index (χ4v) is 4.32. The van der Waals surface area contributed by atoms with Gasteiger partial charge in [-0.05, 0) is 66.1 Å². The first-order valence-corrected chi connectivity index (χ1v) is 12.1. The number of aliphatic hydroxyl groups excluding tert-OH is 1. The fourth-order valence-electron chi connectivity index (χ4n) is 4.13. The van der Waals surface area contributed by atoms with Gasteiger partial charge < -0.3 is 19.3 Å². The summed E-state index contributed by atoms with van der Waals surface area (Å²) in [4.78, 5) is 28.1. The van der Waals surface area contributed by atoms with E-state index in [-0.39, 0.29) is 11.3 Å². The summed E-state index contributed by atoms with van der Waals surface area (Å²) in [6.45, 7) is 4.66. The van der Waals surface area contributed by atoms with Crippen molar-refractivity contribution in [1.29, 1.82) is 0 Å². The van der Waals surface area contributed by atoms with Crippen LogP contribution in [-0.2, 0) is 9.59 Å². The van der Waals surface area contributed by atoms with Crippen LogP contribution in [0.4, 0.5) is 5.69 Å². The van der Waals surface area contributed by atoms with Crippen molar-refractivity contribution in [2.75, 3.05) is 25.7 Å². The summed E-state index contributed by atoms with van der Waals surface area (Å²) in [6.07, 6.45) is 0. The van der Waals surface area contributed by atoms with E-state index in [9.17, 15) is 14.7 Å². The Labute approximate surface area is 220 Å². The first-order valence-electron chi connectivity index (χ1n) is 11.8. The third-order valence-corrected chi connectivity index (χ3v) is 6.31. The van der Waals surface area contributed by atoms with Gasteiger partial charge in [0, 0.05) is 11.3 Å². The van der Waals surface area contributed by atoms with Crippen LogP contribution in [0.1, 0.15) is 31.0 Å². The van der Waals surface area contributed by atoms with Gasteiger partial charge in [-0.2, -0.15) is 0 Å². The second-order valence-corrected chi connectivity index (χ2v) is 9.40. The lowest BCUT2D eigenvalue weighted by Crippen LogP contribution is -2.29. The van der Waals surface area contributed by atoms with Gasteiger partial charge in [0.2, 0.25) is 0 Å². The zero-order chi connectivity index (χ0) is 26.7. The zero-order valence-electron chi connectivity index (χ0n) is 21.0. The molecular formula is C29H28ClNO6. The fraction of sp³-hybridized carbons (Fsp3) is 0.241. The molecule has 1 saturated heterocycles. The van der Waals surface area contributed by atoms with Gasteiger partial charge in [0.1, 0.15) is 23.0 Å². The third kappa shape index (κ3) is 5.27. The standard InChI is InChI=1S/C29H28ClNO6/c1-17(2)16-37-22-12-8-20(9-13-22)31-26(18-5-10-21(35-3)11-6-18)25(28(33)29(31)34)27(32)19-7-14-23(30)24(15-19)36-4/h5-15,17,26,32H,16H2,1-4H3/b27-25-. The van der Waals surface area contributed by atoms with Crippen LogP contribution in [0.25, 0.3) is 5.76 Å². The predicted octanol–water partition coefficient (Wildman–Crippen LogP) is 6.02. The van der Waals surface area contributed by atoms with Gasteiger partial charge in [-0.3, -0.25) is 14.5 Å². The molecule has 1 aliphatic rings. The van der Waals surface area contributed by atoms with Crippen LogP contribution < -0.4 is 19.1 Å². The maximum Gasteiger partial charge on any atom is 0.300 e. The van der Waals surface area contributed by atoms with Crippen molar-refractivity contribution >= 4 is 34.7 Å². The molecule has 1 atom stereocenters. The van der Waals surface area contributed by atoms with E-state index in [4.69, 9.17) is 25.8 Å². The van der Waals surface area contributed by atoms with Crippen LogP contribution in [0, 0.1) is 5.92 Å². The van der Waals surface area contributed by atoms with Crippen LogP contribution >= 0.6 is 11.6 Å². The molecule has 3 aromatic carbocycles. The topological polar surface area (TPSA) is 85.3 Å². The maximum absolute atomic E-state index is 13.4. The van der Waals surface area contributed by atoms with Gasteiger partial charge in [-0.1, -0.05) is 37.6 Å². The molecule has 1 aliphatic heterocycles. The number of Topliss-reactive ketones (excluding diaryl/α,β-unsaturated/α-hetero) is 1. The summed E-state index contributed by atoms with van der Waals surface area (Å²) < 4.78 is 16.3. The van der Waals surface area contributed by atoms with E-state index in [1.807, 2.05) is 0 Å². The number of ether oxygens (including phenoxy) is 3. The molecule has 0 bridgehead atoms. The molecular weight excluding hydrogens is 494 g/mol. The third-order valence-electron chi connectivity index (χ3n) is 6.00. The molecule has 0 spiro atoms. The van der Waals surface area contributed by atoms with Crippen LogP contribution in [0.2, 0.25) is 5.02 Å². The number of aliphatic hydroxyl groups is 1. The Bertz CT molecular complexity index is 1330. The van der Waals surface area contributed by atoms with Crippen molar-refractivity contribution in [3.63, 3.8) is 0 Å². The maximum atomic E-state index is 13.4. The zero-order valence-corrected chi connectivity index (χ0v) is 21.8. The Kier molecular flexibility index (Phi) is 7.74. The molecule has 37 heavy (non-hydrogen) atoms. The van der Waals surface area contributed by atoms with Crippen molar-refractivity contribution in [3.05, 3.63) is 88.5 Å². The van der Waals surface area contributed by atoms with E-state index < -0.39 is 17.7 Å². The minimum Gasteiger partial charge on any atom is -0.507 e. The van der Waals surface area contributed by atoms with Crippen LogP contribution in [0.15, 0.2) is 72.3 Å². The number of nitrogens with zero attached hydrogens (tertiary/aromatic N) is 1. The number of ketones is 1. The minimum absolute atomic E-state index is 0.0420. The first-order chi connectivity index (χ1) is 17.7. The Morgan fingerprint density at radius 3 is 2.19 bits per heavy atom. The lowest BCUT2D eigenvalue weighted by atomic mass is 9.95. The molecule has 1 fully saturated rings. The normalized spacial score (nSPS) is 16.8. The van der Waals surface area contributed by atoms with Gasteiger partial charge in [0.15, 0.2) is 0 Å². The van der Waals surface area contributed by atoms with E-state index in [2.05, 4.69) is 13.8 Å². The van der Waals surface area contributed by atoms with Gasteiger partial charge >= 0.3 is 0 Å². The lowest BCUT2D eigenvalue weighted by Gasteiger charge is -2.26.